The summed E-state index contributed by atoms with van der Waals surface area (Å²) < 4.78 is 0. The zero-order valence-corrected chi connectivity index (χ0v) is 9.48. The van der Waals surface area contributed by atoms with Crippen molar-refractivity contribution in [2.24, 2.45) is 0 Å². The lowest BCUT2D eigenvalue weighted by atomic mass is 10.0. The van der Waals surface area contributed by atoms with Crippen LogP contribution in [0.5, 0.6) is 0 Å². The highest BCUT2D eigenvalue weighted by molar-refractivity contribution is 5.30. The van der Waals surface area contributed by atoms with Gasteiger partial charge in [0.2, 0.25) is 0 Å². The van der Waals surface area contributed by atoms with Crippen LogP contribution in [0.4, 0.5) is 0 Å². The maximum atomic E-state index is 9.06. The van der Waals surface area contributed by atoms with E-state index in [-0.39, 0.29) is 6.61 Å². The first-order chi connectivity index (χ1) is 7.78. The van der Waals surface area contributed by atoms with Gasteiger partial charge in [0.1, 0.15) is 0 Å². The molecule has 0 spiro atoms. The molecule has 0 atom stereocenters. The first kappa shape index (κ1) is 10.9. The molecule has 0 radical (unpaired) electrons. The molecular weight excluding hydrogens is 196 g/mol. The predicted molar refractivity (Wildman–Crippen MR) is 66.3 cm³/mol. The summed E-state index contributed by atoms with van der Waals surface area (Å²) >= 11 is 0. The van der Waals surface area contributed by atoms with E-state index in [0.29, 0.717) is 0 Å². The topological polar surface area (TPSA) is 20.2 Å². The fourth-order valence-corrected chi connectivity index (χ4v) is 1.78. The van der Waals surface area contributed by atoms with Crippen LogP contribution in [-0.4, -0.2) is 5.11 Å². The van der Waals surface area contributed by atoms with Crippen molar-refractivity contribution >= 4 is 0 Å². The van der Waals surface area contributed by atoms with Crippen LogP contribution in [0, 0.1) is 6.92 Å². The SMILES string of the molecule is Cc1ccc(Cc2cccc(CO)c2)cc1. The summed E-state index contributed by atoms with van der Waals surface area (Å²) in [7, 11) is 0. The van der Waals surface area contributed by atoms with E-state index in [0.717, 1.165) is 12.0 Å². The van der Waals surface area contributed by atoms with Gasteiger partial charge < -0.3 is 5.11 Å². The molecule has 1 N–H and O–H groups in total. The summed E-state index contributed by atoms with van der Waals surface area (Å²) in [5.74, 6) is 0. The minimum Gasteiger partial charge on any atom is -0.392 e. The number of aliphatic hydroxyl groups is 1. The van der Waals surface area contributed by atoms with Crippen molar-refractivity contribution in [1.82, 2.24) is 0 Å². The number of rotatable bonds is 3. The number of aliphatic hydroxyl groups excluding tert-OH is 1. The molecule has 2 aromatic rings. The van der Waals surface area contributed by atoms with Crippen molar-refractivity contribution in [1.29, 1.82) is 0 Å². The van der Waals surface area contributed by atoms with Gasteiger partial charge in [0.25, 0.3) is 0 Å². The molecule has 0 aliphatic carbocycles. The Balaban J connectivity index is 2.16. The van der Waals surface area contributed by atoms with Crippen LogP contribution in [-0.2, 0) is 13.0 Å². The van der Waals surface area contributed by atoms with Gasteiger partial charge in [-0.15, -0.1) is 0 Å². The second-order valence-electron chi connectivity index (χ2n) is 4.14. The normalized spacial score (nSPS) is 10.4. The number of benzene rings is 2. The lowest BCUT2D eigenvalue weighted by Crippen LogP contribution is -1.90. The molecule has 0 heterocycles. The van der Waals surface area contributed by atoms with Crippen LogP contribution in [0.1, 0.15) is 22.3 Å². The van der Waals surface area contributed by atoms with Crippen LogP contribution in [0.3, 0.4) is 0 Å². The monoisotopic (exact) mass is 212 g/mol. The first-order valence-corrected chi connectivity index (χ1v) is 5.52. The molecule has 2 aromatic carbocycles. The molecule has 0 aliphatic heterocycles. The lowest BCUT2D eigenvalue weighted by Gasteiger charge is -2.04. The van der Waals surface area contributed by atoms with Gasteiger partial charge in [-0.2, -0.15) is 0 Å². The average molecular weight is 212 g/mol. The van der Waals surface area contributed by atoms with E-state index in [1.54, 1.807) is 0 Å². The van der Waals surface area contributed by atoms with Crippen LogP contribution in [0.2, 0.25) is 0 Å². The molecule has 16 heavy (non-hydrogen) atoms. The Labute approximate surface area is 96.4 Å². The van der Waals surface area contributed by atoms with Gasteiger partial charge >= 0.3 is 0 Å². The molecule has 0 saturated carbocycles. The van der Waals surface area contributed by atoms with Crippen LogP contribution >= 0.6 is 0 Å². The molecule has 0 aliphatic rings. The van der Waals surface area contributed by atoms with Crippen molar-refractivity contribution < 1.29 is 5.11 Å². The van der Waals surface area contributed by atoms with E-state index in [2.05, 4.69) is 43.3 Å². The quantitative estimate of drug-likeness (QED) is 0.829. The molecule has 0 aromatic heterocycles. The predicted octanol–water partition coefficient (Wildman–Crippen LogP) is 3.08. The molecule has 0 fully saturated rings. The Bertz CT molecular complexity index is 457. The highest BCUT2D eigenvalue weighted by Crippen LogP contribution is 2.12. The van der Waals surface area contributed by atoms with Crippen LogP contribution < -0.4 is 0 Å². The molecule has 2 rings (SSSR count). The van der Waals surface area contributed by atoms with Crippen molar-refractivity contribution in [3.05, 3.63) is 70.8 Å². The maximum Gasteiger partial charge on any atom is 0.0681 e. The zero-order valence-electron chi connectivity index (χ0n) is 9.48. The smallest absolute Gasteiger partial charge is 0.0681 e. The minimum atomic E-state index is 0.113. The van der Waals surface area contributed by atoms with Gasteiger partial charge in [0.15, 0.2) is 0 Å². The summed E-state index contributed by atoms with van der Waals surface area (Å²) in [6.45, 7) is 2.21. The minimum absolute atomic E-state index is 0.113. The molecule has 0 bridgehead atoms. The molecule has 0 unspecified atom stereocenters. The standard InChI is InChI=1S/C15H16O/c1-12-5-7-13(8-6-12)9-14-3-2-4-15(10-14)11-16/h2-8,10,16H,9,11H2,1H3. The molecule has 0 saturated heterocycles. The molecular formula is C15H16O. The Morgan fingerprint density at radius 3 is 2.25 bits per heavy atom. The summed E-state index contributed by atoms with van der Waals surface area (Å²) in [6.07, 6.45) is 0.925. The Morgan fingerprint density at radius 2 is 1.56 bits per heavy atom. The summed E-state index contributed by atoms with van der Waals surface area (Å²) in [6, 6.07) is 16.7. The van der Waals surface area contributed by atoms with Gasteiger partial charge in [0, 0.05) is 0 Å². The Morgan fingerprint density at radius 1 is 0.875 bits per heavy atom. The second-order valence-corrected chi connectivity index (χ2v) is 4.14. The highest BCUT2D eigenvalue weighted by atomic mass is 16.3. The fourth-order valence-electron chi connectivity index (χ4n) is 1.78. The molecule has 82 valence electrons. The Hall–Kier alpha value is -1.60. The number of aryl methyl sites for hydroxylation is 1. The van der Waals surface area contributed by atoms with E-state index in [4.69, 9.17) is 5.11 Å². The van der Waals surface area contributed by atoms with Gasteiger partial charge in [-0.05, 0) is 30.0 Å². The number of hydrogen-bond acceptors (Lipinski definition) is 1. The third-order valence-electron chi connectivity index (χ3n) is 2.70. The van der Waals surface area contributed by atoms with Gasteiger partial charge in [-0.3, -0.25) is 0 Å². The third kappa shape index (κ3) is 2.71. The van der Waals surface area contributed by atoms with E-state index in [1.165, 1.54) is 16.7 Å². The summed E-state index contributed by atoms with van der Waals surface area (Å²) in [5.41, 5.74) is 4.81. The first-order valence-electron chi connectivity index (χ1n) is 5.52. The lowest BCUT2D eigenvalue weighted by molar-refractivity contribution is 0.281. The van der Waals surface area contributed by atoms with Crippen molar-refractivity contribution in [3.8, 4) is 0 Å². The summed E-state index contributed by atoms with van der Waals surface area (Å²) in [4.78, 5) is 0. The highest BCUT2D eigenvalue weighted by Gasteiger charge is 1.97. The van der Waals surface area contributed by atoms with Crippen LogP contribution in [0.25, 0.3) is 0 Å². The zero-order chi connectivity index (χ0) is 11.4. The van der Waals surface area contributed by atoms with E-state index < -0.39 is 0 Å². The van der Waals surface area contributed by atoms with Gasteiger partial charge in [0.05, 0.1) is 6.61 Å². The largest absolute Gasteiger partial charge is 0.392 e. The Kier molecular flexibility index (Phi) is 3.37. The van der Waals surface area contributed by atoms with Crippen molar-refractivity contribution in [2.75, 3.05) is 0 Å². The van der Waals surface area contributed by atoms with E-state index in [9.17, 15) is 0 Å². The van der Waals surface area contributed by atoms with Crippen LogP contribution in [0.15, 0.2) is 48.5 Å². The average Bonchev–Trinajstić information content (AvgIpc) is 2.32. The maximum absolute atomic E-state index is 9.06. The fraction of sp³-hybridized carbons (Fsp3) is 0.200. The molecule has 1 nitrogen and oxygen atoms in total. The van der Waals surface area contributed by atoms with Crippen molar-refractivity contribution in [2.45, 2.75) is 20.0 Å². The third-order valence-corrected chi connectivity index (χ3v) is 2.70. The molecule has 0 amide bonds. The van der Waals surface area contributed by atoms with Gasteiger partial charge in [-0.1, -0.05) is 54.1 Å². The molecule has 1 heteroatoms. The van der Waals surface area contributed by atoms with E-state index >= 15 is 0 Å². The van der Waals surface area contributed by atoms with E-state index in [1.807, 2.05) is 12.1 Å². The van der Waals surface area contributed by atoms with Gasteiger partial charge in [-0.25, -0.2) is 0 Å². The van der Waals surface area contributed by atoms with Crippen molar-refractivity contribution in [3.63, 3.8) is 0 Å². The second kappa shape index (κ2) is 4.95. The number of hydrogen-bond donors (Lipinski definition) is 1. The summed E-state index contributed by atoms with van der Waals surface area (Å²) in [5, 5.41) is 9.06.